The second kappa shape index (κ2) is 9.92. The van der Waals surface area contributed by atoms with Crippen molar-refractivity contribution in [2.75, 3.05) is 5.32 Å². The number of hydrogen-bond donors (Lipinski definition) is 2. The molecule has 1 aromatic heterocycles. The normalized spacial score (nSPS) is 17.8. The first-order chi connectivity index (χ1) is 16.5. The van der Waals surface area contributed by atoms with Crippen molar-refractivity contribution in [2.24, 2.45) is 5.92 Å². The Labute approximate surface area is 199 Å². The van der Waals surface area contributed by atoms with E-state index in [4.69, 9.17) is 9.97 Å². The molecular weight excluding hydrogens is 429 g/mol. The zero-order valence-electron chi connectivity index (χ0n) is 19.3. The van der Waals surface area contributed by atoms with Gasteiger partial charge in [0, 0.05) is 5.56 Å². The van der Waals surface area contributed by atoms with E-state index in [2.05, 4.69) is 5.32 Å². The Hall–Kier alpha value is -3.28. The van der Waals surface area contributed by atoms with Gasteiger partial charge in [0.15, 0.2) is 5.82 Å². The molecule has 6 heteroatoms. The molecule has 1 aromatic carbocycles. The number of carbonyl (C=O) groups excluding carboxylic acids is 1. The highest BCUT2D eigenvalue weighted by molar-refractivity contribution is 5.92. The summed E-state index contributed by atoms with van der Waals surface area (Å²) in [6.07, 6.45) is 16.1. The van der Waals surface area contributed by atoms with Crippen LogP contribution in [0.25, 0.3) is 11.3 Å². The number of hydrogen-bond acceptors (Lipinski definition) is 4. The molecule has 0 bridgehead atoms. The Kier molecular flexibility index (Phi) is 6.57. The van der Waals surface area contributed by atoms with Crippen LogP contribution in [0.1, 0.15) is 61.9 Å². The van der Waals surface area contributed by atoms with Gasteiger partial charge in [0.1, 0.15) is 11.6 Å². The first-order valence-electron chi connectivity index (χ1n) is 12.3. The fourth-order valence-corrected chi connectivity index (χ4v) is 5.21. The summed E-state index contributed by atoms with van der Waals surface area (Å²) in [5, 5.41) is 12.7. The zero-order valence-corrected chi connectivity index (χ0v) is 19.3. The van der Waals surface area contributed by atoms with Crippen LogP contribution in [-0.4, -0.2) is 21.0 Å². The minimum Gasteiger partial charge on any atom is -0.508 e. The van der Waals surface area contributed by atoms with E-state index >= 15 is 0 Å². The summed E-state index contributed by atoms with van der Waals surface area (Å²) < 4.78 is 13.8. The number of rotatable bonds is 5. The van der Waals surface area contributed by atoms with E-state index in [1.807, 2.05) is 6.08 Å². The monoisotopic (exact) mass is 459 g/mol. The topological polar surface area (TPSA) is 75.1 Å². The summed E-state index contributed by atoms with van der Waals surface area (Å²) in [6, 6.07) is 4.87. The van der Waals surface area contributed by atoms with Gasteiger partial charge in [-0.3, -0.25) is 4.79 Å². The van der Waals surface area contributed by atoms with Gasteiger partial charge in [-0.1, -0.05) is 44.3 Å². The van der Waals surface area contributed by atoms with Crippen LogP contribution in [0.2, 0.25) is 0 Å². The number of nitrogens with one attached hydrogen (secondary N) is 1. The fraction of sp³-hybridized carbons (Fsp3) is 0.393. The summed E-state index contributed by atoms with van der Waals surface area (Å²) in [7, 11) is 0. The molecule has 3 aliphatic carbocycles. The van der Waals surface area contributed by atoms with Gasteiger partial charge >= 0.3 is 0 Å². The van der Waals surface area contributed by atoms with Crippen LogP contribution in [0.15, 0.2) is 53.8 Å². The molecule has 5 rings (SSSR count). The lowest BCUT2D eigenvalue weighted by Gasteiger charge is -2.24. The van der Waals surface area contributed by atoms with Gasteiger partial charge in [0.2, 0.25) is 5.91 Å². The van der Waals surface area contributed by atoms with E-state index in [1.165, 1.54) is 38.2 Å². The van der Waals surface area contributed by atoms with Crippen LogP contribution < -0.4 is 5.32 Å². The van der Waals surface area contributed by atoms with Crippen molar-refractivity contribution < 1.29 is 14.3 Å². The van der Waals surface area contributed by atoms with Crippen molar-refractivity contribution in [1.29, 1.82) is 0 Å². The van der Waals surface area contributed by atoms with Crippen molar-refractivity contribution in [1.82, 2.24) is 9.97 Å². The largest absolute Gasteiger partial charge is 0.508 e. The molecule has 1 amide bonds. The highest BCUT2D eigenvalue weighted by Crippen LogP contribution is 2.35. The Morgan fingerprint density at radius 2 is 1.94 bits per heavy atom. The quantitative estimate of drug-likeness (QED) is 0.561. The summed E-state index contributed by atoms with van der Waals surface area (Å²) in [6.45, 7) is 0. The number of carbonyl (C=O) groups is 1. The van der Waals surface area contributed by atoms with E-state index in [1.54, 1.807) is 30.4 Å². The van der Waals surface area contributed by atoms with Crippen LogP contribution >= 0.6 is 0 Å². The molecule has 0 atom stereocenters. The molecule has 5 nitrogen and oxygen atoms in total. The molecule has 2 N–H and O–H groups in total. The number of aliphatic hydroxyl groups is 1. The maximum atomic E-state index is 13.8. The third-order valence-corrected chi connectivity index (χ3v) is 7.00. The van der Waals surface area contributed by atoms with Gasteiger partial charge in [-0.15, -0.1) is 0 Å². The standard InChI is InChI=1S/C28H30FN3O2/c29-21-11-13-23-20(17-21)10-14-24-27(23)30-25(15-18-5-2-1-3-6-18)28(31-24)32-26(34)16-19-7-4-8-22(33)12-9-19/h7-9,11-13,17-18,33H,1-6,10,14-16H2,(H,31,32,34). The Balaban J connectivity index is 1.43. The lowest BCUT2D eigenvalue weighted by atomic mass is 9.85. The fourth-order valence-electron chi connectivity index (χ4n) is 5.21. The van der Waals surface area contributed by atoms with Crippen molar-refractivity contribution in [3.8, 4) is 11.3 Å². The number of anilines is 1. The third-order valence-electron chi connectivity index (χ3n) is 7.00. The minimum absolute atomic E-state index is 0.144. The smallest absolute Gasteiger partial charge is 0.229 e. The Morgan fingerprint density at radius 1 is 1.09 bits per heavy atom. The van der Waals surface area contributed by atoms with E-state index < -0.39 is 0 Å². The predicted molar refractivity (Wildman–Crippen MR) is 131 cm³/mol. The molecule has 1 saturated carbocycles. The maximum absolute atomic E-state index is 13.8. The first-order valence-corrected chi connectivity index (χ1v) is 12.3. The van der Waals surface area contributed by atoms with Crippen LogP contribution in [-0.2, 0) is 24.1 Å². The van der Waals surface area contributed by atoms with Gasteiger partial charge in [0.05, 0.1) is 23.5 Å². The molecule has 176 valence electrons. The molecule has 1 heterocycles. The molecular formula is C28H30FN3O2. The average Bonchev–Trinajstić information content (AvgIpc) is 3.03. The molecule has 3 aliphatic rings. The van der Waals surface area contributed by atoms with Crippen LogP contribution in [0.3, 0.4) is 0 Å². The van der Waals surface area contributed by atoms with Crippen molar-refractivity contribution in [2.45, 2.75) is 64.2 Å². The summed E-state index contributed by atoms with van der Waals surface area (Å²) >= 11 is 0. The van der Waals surface area contributed by atoms with Gasteiger partial charge < -0.3 is 10.4 Å². The van der Waals surface area contributed by atoms with Crippen molar-refractivity contribution in [3.05, 3.63) is 76.6 Å². The highest BCUT2D eigenvalue weighted by atomic mass is 19.1. The average molecular weight is 460 g/mol. The number of allylic oxidation sites excluding steroid dienone is 4. The van der Waals surface area contributed by atoms with Gasteiger partial charge in [0.25, 0.3) is 0 Å². The van der Waals surface area contributed by atoms with Crippen molar-refractivity contribution >= 4 is 11.7 Å². The number of fused-ring (bicyclic) bond motifs is 3. The molecule has 1 fully saturated rings. The van der Waals surface area contributed by atoms with E-state index in [9.17, 15) is 14.3 Å². The van der Waals surface area contributed by atoms with Crippen LogP contribution in [0.4, 0.5) is 10.2 Å². The Morgan fingerprint density at radius 3 is 2.79 bits per heavy atom. The molecule has 0 unspecified atom stereocenters. The van der Waals surface area contributed by atoms with E-state index in [-0.39, 0.29) is 23.9 Å². The third kappa shape index (κ3) is 5.11. The highest BCUT2D eigenvalue weighted by Gasteiger charge is 2.25. The van der Waals surface area contributed by atoms with Crippen molar-refractivity contribution in [3.63, 3.8) is 0 Å². The number of aromatic nitrogens is 2. The SMILES string of the molecule is O=C(CC1=CCC=C(O)C=C1)Nc1nc2c(nc1CC1CCCCC1)-c1ccc(F)cc1CC2. The minimum atomic E-state index is -0.230. The summed E-state index contributed by atoms with van der Waals surface area (Å²) in [5.74, 6) is 0.928. The second-order valence-electron chi connectivity index (χ2n) is 9.53. The number of aliphatic hydroxyl groups excluding tert-OH is 1. The molecule has 0 radical (unpaired) electrons. The first kappa shape index (κ1) is 22.5. The second-order valence-corrected chi connectivity index (χ2v) is 9.53. The number of halogens is 1. The van der Waals surface area contributed by atoms with Gasteiger partial charge in [-0.2, -0.15) is 0 Å². The zero-order chi connectivity index (χ0) is 23.5. The molecule has 0 saturated heterocycles. The number of aryl methyl sites for hydroxylation is 2. The lowest BCUT2D eigenvalue weighted by Crippen LogP contribution is -2.20. The van der Waals surface area contributed by atoms with E-state index in [0.717, 1.165) is 40.2 Å². The number of nitrogens with zero attached hydrogens (tertiary/aromatic N) is 2. The summed E-state index contributed by atoms with van der Waals surface area (Å²) in [5.41, 5.74) is 5.25. The molecule has 34 heavy (non-hydrogen) atoms. The number of benzene rings is 1. The maximum Gasteiger partial charge on any atom is 0.229 e. The lowest BCUT2D eigenvalue weighted by molar-refractivity contribution is -0.115. The molecule has 0 spiro atoms. The predicted octanol–water partition coefficient (Wildman–Crippen LogP) is 6.16. The van der Waals surface area contributed by atoms with E-state index in [0.29, 0.717) is 31.0 Å². The molecule has 2 aromatic rings. The van der Waals surface area contributed by atoms with Gasteiger partial charge in [-0.05, 0) is 73.1 Å². The van der Waals surface area contributed by atoms with Gasteiger partial charge in [-0.25, -0.2) is 14.4 Å². The van der Waals surface area contributed by atoms with Crippen LogP contribution in [0.5, 0.6) is 0 Å². The summed E-state index contributed by atoms with van der Waals surface area (Å²) in [4.78, 5) is 22.9. The molecule has 0 aliphatic heterocycles. The Bertz CT molecular complexity index is 1190. The van der Waals surface area contributed by atoms with Crippen LogP contribution in [0, 0.1) is 11.7 Å². The number of amides is 1.